The van der Waals surface area contributed by atoms with Gasteiger partial charge in [0.15, 0.2) is 0 Å². The van der Waals surface area contributed by atoms with E-state index >= 15 is 0 Å². The molecule has 0 amide bonds. The summed E-state index contributed by atoms with van der Waals surface area (Å²) in [7, 11) is 0. The number of rotatable bonds is 4. The molecule has 0 aliphatic rings. The van der Waals surface area contributed by atoms with Gasteiger partial charge in [0.2, 0.25) is 0 Å². The Balaban J connectivity index is 1.92. The van der Waals surface area contributed by atoms with Crippen molar-refractivity contribution >= 4 is 11.3 Å². The zero-order valence-electron chi connectivity index (χ0n) is 17.0. The van der Waals surface area contributed by atoms with Crippen molar-refractivity contribution in [1.29, 1.82) is 5.26 Å². The number of nitrogens with zero attached hydrogens (tertiary/aromatic N) is 2. The van der Waals surface area contributed by atoms with Gasteiger partial charge in [-0.15, -0.1) is 11.3 Å². The van der Waals surface area contributed by atoms with Crippen LogP contribution < -0.4 is 5.56 Å². The normalized spacial score (nSPS) is 11.3. The van der Waals surface area contributed by atoms with Gasteiger partial charge in [-0.3, -0.25) is 4.79 Å². The van der Waals surface area contributed by atoms with Crippen molar-refractivity contribution in [3.63, 3.8) is 0 Å². The van der Waals surface area contributed by atoms with E-state index in [1.165, 1.54) is 22.0 Å². The lowest BCUT2D eigenvalue weighted by molar-refractivity contribution is -0.137. The van der Waals surface area contributed by atoms with Crippen LogP contribution in [0.15, 0.2) is 77.6 Å². The van der Waals surface area contributed by atoms with E-state index in [0.29, 0.717) is 4.88 Å². The number of benzene rings is 2. The fraction of sp³-hybridized carbons (Fsp3) is 0.120. The van der Waals surface area contributed by atoms with Crippen LogP contribution in [0.1, 0.15) is 22.3 Å². The standard InChI is InChI=1S/C25H17F3N2OS/c1-16-7-9-17(10-8-16)15-30-21(13-20(25(26,27)28)19(14-29)24(30)31)23-12-11-22(32-23)18-5-3-2-4-6-18/h2-13H,15H2,1H3. The largest absolute Gasteiger partial charge is 0.417 e. The minimum Gasteiger partial charge on any atom is -0.302 e. The monoisotopic (exact) mass is 450 g/mol. The van der Waals surface area contributed by atoms with Crippen LogP contribution in [0.2, 0.25) is 0 Å². The average Bonchev–Trinajstić information content (AvgIpc) is 3.26. The van der Waals surface area contributed by atoms with E-state index in [0.717, 1.165) is 27.6 Å². The van der Waals surface area contributed by atoms with Gasteiger partial charge < -0.3 is 4.57 Å². The Hall–Kier alpha value is -3.63. The first-order valence-corrected chi connectivity index (χ1v) is 10.6. The Morgan fingerprint density at radius 1 is 0.969 bits per heavy atom. The minimum absolute atomic E-state index is 0.0554. The molecule has 0 saturated carbocycles. The summed E-state index contributed by atoms with van der Waals surface area (Å²) in [5.41, 5.74) is -0.217. The molecule has 0 unspecified atom stereocenters. The Morgan fingerprint density at radius 3 is 2.25 bits per heavy atom. The van der Waals surface area contributed by atoms with E-state index in [1.54, 1.807) is 6.07 Å². The molecule has 0 aliphatic carbocycles. The highest BCUT2D eigenvalue weighted by molar-refractivity contribution is 7.18. The summed E-state index contributed by atoms with van der Waals surface area (Å²) in [5.74, 6) is 0. The maximum absolute atomic E-state index is 13.7. The second kappa shape index (κ2) is 8.48. The van der Waals surface area contributed by atoms with Crippen LogP contribution in [0.5, 0.6) is 0 Å². The van der Waals surface area contributed by atoms with Crippen LogP contribution in [0.4, 0.5) is 13.2 Å². The number of halogens is 3. The van der Waals surface area contributed by atoms with Crippen LogP contribution in [0.3, 0.4) is 0 Å². The first-order chi connectivity index (χ1) is 15.3. The van der Waals surface area contributed by atoms with Crippen molar-refractivity contribution in [2.45, 2.75) is 19.6 Å². The van der Waals surface area contributed by atoms with E-state index in [4.69, 9.17) is 0 Å². The summed E-state index contributed by atoms with van der Waals surface area (Å²) in [6.07, 6.45) is -4.82. The highest BCUT2D eigenvalue weighted by atomic mass is 32.1. The second-order valence-corrected chi connectivity index (χ2v) is 8.42. The molecule has 0 fully saturated rings. The molecule has 2 aromatic heterocycles. The molecule has 0 radical (unpaired) electrons. The third-order valence-electron chi connectivity index (χ3n) is 5.10. The van der Waals surface area contributed by atoms with E-state index in [1.807, 2.05) is 67.6 Å². The molecule has 4 aromatic rings. The molecule has 7 heteroatoms. The number of thiophene rings is 1. The van der Waals surface area contributed by atoms with Crippen molar-refractivity contribution in [2.24, 2.45) is 0 Å². The molecular weight excluding hydrogens is 433 g/mol. The Labute approximate surface area is 186 Å². The molecule has 2 heterocycles. The fourth-order valence-corrected chi connectivity index (χ4v) is 4.48. The summed E-state index contributed by atoms with van der Waals surface area (Å²) in [5, 5.41) is 9.34. The molecule has 32 heavy (non-hydrogen) atoms. The summed E-state index contributed by atoms with van der Waals surface area (Å²) in [6, 6.07) is 22.7. The summed E-state index contributed by atoms with van der Waals surface area (Å²) < 4.78 is 42.3. The van der Waals surface area contributed by atoms with Crippen molar-refractivity contribution < 1.29 is 13.2 Å². The number of aryl methyl sites for hydroxylation is 1. The predicted molar refractivity (Wildman–Crippen MR) is 119 cm³/mol. The third-order valence-corrected chi connectivity index (χ3v) is 6.25. The van der Waals surface area contributed by atoms with Gasteiger partial charge in [0.1, 0.15) is 11.6 Å². The van der Waals surface area contributed by atoms with Crippen molar-refractivity contribution in [3.8, 4) is 27.1 Å². The van der Waals surface area contributed by atoms with Crippen LogP contribution in [0, 0.1) is 18.3 Å². The lowest BCUT2D eigenvalue weighted by atomic mass is 10.1. The molecule has 2 aromatic carbocycles. The van der Waals surface area contributed by atoms with Crippen molar-refractivity contribution in [1.82, 2.24) is 4.57 Å². The number of pyridine rings is 1. The maximum Gasteiger partial charge on any atom is 0.417 e. The van der Waals surface area contributed by atoms with Crippen molar-refractivity contribution in [2.75, 3.05) is 0 Å². The van der Waals surface area contributed by atoms with Gasteiger partial charge in [-0.1, -0.05) is 60.2 Å². The van der Waals surface area contributed by atoms with E-state index in [-0.39, 0.29) is 12.2 Å². The number of hydrogen-bond donors (Lipinski definition) is 0. The van der Waals surface area contributed by atoms with Crippen LogP contribution in [-0.4, -0.2) is 4.57 Å². The van der Waals surface area contributed by atoms with Gasteiger partial charge in [0.25, 0.3) is 5.56 Å². The van der Waals surface area contributed by atoms with Crippen LogP contribution >= 0.6 is 11.3 Å². The molecule has 0 bridgehead atoms. The van der Waals surface area contributed by atoms with E-state index < -0.39 is 22.9 Å². The van der Waals surface area contributed by atoms with Gasteiger partial charge >= 0.3 is 6.18 Å². The smallest absolute Gasteiger partial charge is 0.302 e. The predicted octanol–water partition coefficient (Wildman–Crippen LogP) is 6.49. The molecule has 160 valence electrons. The van der Waals surface area contributed by atoms with Crippen LogP contribution in [-0.2, 0) is 12.7 Å². The van der Waals surface area contributed by atoms with E-state index in [9.17, 15) is 23.2 Å². The first-order valence-electron chi connectivity index (χ1n) is 9.74. The SMILES string of the molecule is Cc1ccc(Cn2c(-c3ccc(-c4ccccc4)s3)cc(C(F)(F)F)c(C#N)c2=O)cc1. The lowest BCUT2D eigenvalue weighted by Gasteiger charge is -2.17. The van der Waals surface area contributed by atoms with Gasteiger partial charge in [-0.25, -0.2) is 0 Å². The molecule has 0 atom stereocenters. The average molecular weight is 450 g/mol. The van der Waals surface area contributed by atoms with Crippen LogP contribution in [0.25, 0.3) is 21.0 Å². The molecule has 0 spiro atoms. The Kier molecular flexibility index (Phi) is 5.72. The first kappa shape index (κ1) is 21.6. The van der Waals surface area contributed by atoms with Gasteiger partial charge in [0, 0.05) is 4.88 Å². The quantitative estimate of drug-likeness (QED) is 0.357. The molecular formula is C25H17F3N2OS. The number of aromatic nitrogens is 1. The number of alkyl halides is 3. The maximum atomic E-state index is 13.7. The zero-order valence-corrected chi connectivity index (χ0v) is 17.8. The summed E-state index contributed by atoms with van der Waals surface area (Å²) >= 11 is 1.30. The van der Waals surface area contributed by atoms with E-state index in [2.05, 4.69) is 0 Å². The van der Waals surface area contributed by atoms with Crippen molar-refractivity contribution in [3.05, 3.63) is 105 Å². The number of hydrogen-bond acceptors (Lipinski definition) is 3. The van der Waals surface area contributed by atoms with Gasteiger partial charge in [0.05, 0.1) is 22.7 Å². The van der Waals surface area contributed by atoms with Gasteiger partial charge in [-0.2, -0.15) is 18.4 Å². The third kappa shape index (κ3) is 4.23. The minimum atomic E-state index is -4.82. The summed E-state index contributed by atoms with van der Waals surface area (Å²) in [4.78, 5) is 14.4. The lowest BCUT2D eigenvalue weighted by Crippen LogP contribution is -2.28. The molecule has 0 aliphatic heterocycles. The second-order valence-electron chi connectivity index (χ2n) is 7.33. The molecule has 4 rings (SSSR count). The molecule has 3 nitrogen and oxygen atoms in total. The number of nitriles is 1. The highest BCUT2D eigenvalue weighted by Crippen LogP contribution is 2.38. The Bertz CT molecular complexity index is 1360. The molecule has 0 saturated heterocycles. The molecule has 0 N–H and O–H groups in total. The zero-order chi connectivity index (χ0) is 22.9. The Morgan fingerprint density at radius 2 is 1.62 bits per heavy atom. The fourth-order valence-electron chi connectivity index (χ4n) is 3.45. The highest BCUT2D eigenvalue weighted by Gasteiger charge is 2.36. The topological polar surface area (TPSA) is 45.8 Å². The summed E-state index contributed by atoms with van der Waals surface area (Å²) in [6.45, 7) is 1.98. The van der Waals surface area contributed by atoms with Gasteiger partial charge in [-0.05, 0) is 36.2 Å².